The number of carbonyl (C=O) groups is 1. The Labute approximate surface area is 261 Å². The monoisotopic (exact) mass is 605 g/mol. The van der Waals surface area contributed by atoms with Gasteiger partial charge in [0.2, 0.25) is 5.91 Å². The quantitative estimate of drug-likeness (QED) is 0.149. The Kier molecular flexibility index (Phi) is 9.60. The van der Waals surface area contributed by atoms with Gasteiger partial charge in [0.05, 0.1) is 34.1 Å². The molecule has 0 saturated heterocycles. The molecule has 0 fully saturated rings. The highest BCUT2D eigenvalue weighted by Gasteiger charge is 2.16. The van der Waals surface area contributed by atoms with Crippen LogP contribution in [0.5, 0.6) is 11.5 Å². The number of aromatic nitrogens is 1. The molecule has 0 bridgehead atoms. The predicted molar refractivity (Wildman–Crippen MR) is 177 cm³/mol. The summed E-state index contributed by atoms with van der Waals surface area (Å²) < 4.78 is 11.8. The molecule has 2 N–H and O–H groups in total. The van der Waals surface area contributed by atoms with E-state index in [0.717, 1.165) is 10.9 Å². The van der Waals surface area contributed by atoms with Crippen LogP contribution in [0.2, 0.25) is 5.02 Å². The van der Waals surface area contributed by atoms with Gasteiger partial charge in [0, 0.05) is 36.0 Å². The van der Waals surface area contributed by atoms with E-state index in [9.17, 15) is 10.1 Å². The van der Waals surface area contributed by atoms with Crippen LogP contribution in [0.1, 0.15) is 18.1 Å². The Morgan fingerprint density at radius 2 is 1.84 bits per heavy atom. The Balaban J connectivity index is 1.40. The SMILES string of the molecule is CCOc1cc2ncc(C#N)c(Nc3ccc(OCc4ccc5ccccc5c4)c(Cl)c3)c2cc1NC(=O)C=CCN(C)C. The summed E-state index contributed by atoms with van der Waals surface area (Å²) >= 11 is 6.63. The zero-order chi connectivity index (χ0) is 31.1. The topological polar surface area (TPSA) is 99.5 Å². The zero-order valence-electron chi connectivity index (χ0n) is 24.7. The van der Waals surface area contributed by atoms with Crippen LogP contribution in [-0.4, -0.2) is 43.0 Å². The van der Waals surface area contributed by atoms with Crippen molar-refractivity contribution < 1.29 is 14.3 Å². The maximum absolute atomic E-state index is 12.7. The van der Waals surface area contributed by atoms with Crippen LogP contribution < -0.4 is 20.1 Å². The van der Waals surface area contributed by atoms with Crippen molar-refractivity contribution in [2.75, 3.05) is 37.9 Å². The number of hydrogen-bond acceptors (Lipinski definition) is 7. The third-order valence-corrected chi connectivity index (χ3v) is 7.09. The smallest absolute Gasteiger partial charge is 0.248 e. The molecule has 0 aliphatic heterocycles. The van der Waals surface area contributed by atoms with Crippen molar-refractivity contribution in [2.45, 2.75) is 13.5 Å². The molecule has 0 atom stereocenters. The maximum Gasteiger partial charge on any atom is 0.248 e. The van der Waals surface area contributed by atoms with Crippen LogP contribution in [0.4, 0.5) is 17.1 Å². The molecule has 0 unspecified atom stereocenters. The molecule has 1 amide bonds. The van der Waals surface area contributed by atoms with Crippen LogP contribution in [0, 0.1) is 11.3 Å². The zero-order valence-corrected chi connectivity index (χ0v) is 25.5. The van der Waals surface area contributed by atoms with Gasteiger partial charge in [-0.2, -0.15) is 5.26 Å². The van der Waals surface area contributed by atoms with E-state index in [1.807, 2.05) is 50.2 Å². The fourth-order valence-corrected chi connectivity index (χ4v) is 4.92. The number of amides is 1. The molecular weight excluding hydrogens is 574 g/mol. The van der Waals surface area contributed by atoms with E-state index in [4.69, 9.17) is 21.1 Å². The van der Waals surface area contributed by atoms with Crippen LogP contribution in [0.25, 0.3) is 21.7 Å². The summed E-state index contributed by atoms with van der Waals surface area (Å²) in [6.45, 7) is 3.26. The molecule has 0 saturated carbocycles. The van der Waals surface area contributed by atoms with Crippen molar-refractivity contribution in [1.82, 2.24) is 9.88 Å². The summed E-state index contributed by atoms with van der Waals surface area (Å²) in [7, 11) is 3.85. The maximum atomic E-state index is 12.7. The fraction of sp³-hybridized carbons (Fsp3) is 0.171. The summed E-state index contributed by atoms with van der Waals surface area (Å²) in [4.78, 5) is 19.1. The molecule has 222 valence electrons. The third-order valence-electron chi connectivity index (χ3n) is 6.80. The van der Waals surface area contributed by atoms with Crippen molar-refractivity contribution in [1.29, 1.82) is 5.26 Å². The Hall–Kier alpha value is -5.10. The van der Waals surface area contributed by atoms with Gasteiger partial charge in [-0.1, -0.05) is 54.1 Å². The number of rotatable bonds is 11. The highest BCUT2D eigenvalue weighted by Crippen LogP contribution is 2.37. The first-order valence-electron chi connectivity index (χ1n) is 14.1. The average Bonchev–Trinajstić information content (AvgIpc) is 3.01. The lowest BCUT2D eigenvalue weighted by atomic mass is 10.1. The number of pyridine rings is 1. The molecule has 9 heteroatoms. The van der Waals surface area contributed by atoms with Crippen molar-refractivity contribution in [3.8, 4) is 17.6 Å². The van der Waals surface area contributed by atoms with Crippen molar-refractivity contribution in [3.05, 3.63) is 107 Å². The van der Waals surface area contributed by atoms with Crippen molar-refractivity contribution in [3.63, 3.8) is 0 Å². The summed E-state index contributed by atoms with van der Waals surface area (Å²) in [5.41, 5.74) is 3.61. The molecule has 1 heterocycles. The Bertz CT molecular complexity index is 1900. The molecule has 0 aliphatic carbocycles. The number of nitrogens with one attached hydrogen (secondary N) is 2. The summed E-state index contributed by atoms with van der Waals surface area (Å²) in [5, 5.41) is 19.5. The van der Waals surface area contributed by atoms with Gasteiger partial charge in [0.1, 0.15) is 24.2 Å². The molecule has 5 rings (SSSR count). The van der Waals surface area contributed by atoms with Crippen molar-refractivity contribution in [2.24, 2.45) is 0 Å². The van der Waals surface area contributed by atoms with Gasteiger partial charge in [0.25, 0.3) is 0 Å². The Morgan fingerprint density at radius 3 is 2.59 bits per heavy atom. The molecular formula is C35H32ClN5O3. The minimum Gasteiger partial charge on any atom is -0.492 e. The fourth-order valence-electron chi connectivity index (χ4n) is 4.69. The van der Waals surface area contributed by atoms with Crippen LogP contribution in [-0.2, 0) is 11.4 Å². The van der Waals surface area contributed by atoms with Crippen LogP contribution >= 0.6 is 11.6 Å². The number of likely N-dealkylation sites (N-methyl/N-ethyl adjacent to an activating group) is 1. The van der Waals surface area contributed by atoms with E-state index in [1.54, 1.807) is 30.3 Å². The summed E-state index contributed by atoms with van der Waals surface area (Å²) in [6, 6.07) is 25.5. The lowest BCUT2D eigenvalue weighted by molar-refractivity contribution is -0.111. The molecule has 5 aromatic rings. The van der Waals surface area contributed by atoms with Crippen molar-refractivity contribution >= 4 is 56.2 Å². The minimum atomic E-state index is -0.294. The lowest BCUT2D eigenvalue weighted by Crippen LogP contribution is -2.13. The Morgan fingerprint density at radius 1 is 1.02 bits per heavy atom. The number of fused-ring (bicyclic) bond motifs is 2. The van der Waals surface area contributed by atoms with Gasteiger partial charge in [-0.15, -0.1) is 0 Å². The van der Waals surface area contributed by atoms with Gasteiger partial charge in [0.15, 0.2) is 0 Å². The summed E-state index contributed by atoms with van der Waals surface area (Å²) in [5.74, 6) is 0.727. The standard InChI is InChI=1S/C35H32ClN5O3/c1-4-43-33-19-30-28(18-31(33)40-34(42)10-7-15-41(2)3)35(26(20-37)21-38-30)39-27-13-14-32(29(36)17-27)44-22-23-11-12-24-8-5-6-9-25(24)16-23/h5-14,16-19,21H,4,15,22H2,1-3H3,(H,38,39)(H,40,42). The molecule has 0 radical (unpaired) electrons. The molecule has 0 aliphatic rings. The van der Waals surface area contributed by atoms with E-state index in [1.165, 1.54) is 17.7 Å². The highest BCUT2D eigenvalue weighted by molar-refractivity contribution is 6.32. The number of hydrogen-bond donors (Lipinski definition) is 2. The number of halogens is 1. The number of nitriles is 1. The van der Waals surface area contributed by atoms with Gasteiger partial charge >= 0.3 is 0 Å². The number of anilines is 3. The average molecular weight is 606 g/mol. The largest absolute Gasteiger partial charge is 0.492 e. The van der Waals surface area contributed by atoms with Gasteiger partial charge in [-0.3, -0.25) is 9.78 Å². The minimum absolute atomic E-state index is 0.294. The first kappa shape index (κ1) is 30.4. The van der Waals surface area contributed by atoms with E-state index in [0.29, 0.717) is 69.8 Å². The third kappa shape index (κ3) is 7.27. The molecule has 0 spiro atoms. The van der Waals surface area contributed by atoms with Gasteiger partial charge in [-0.25, -0.2) is 0 Å². The first-order chi connectivity index (χ1) is 21.3. The number of nitrogens with zero attached hydrogens (tertiary/aromatic N) is 3. The van der Waals surface area contributed by atoms with Crippen LogP contribution in [0.3, 0.4) is 0 Å². The molecule has 44 heavy (non-hydrogen) atoms. The molecule has 4 aromatic carbocycles. The van der Waals surface area contributed by atoms with Gasteiger partial charge < -0.3 is 25.0 Å². The second kappa shape index (κ2) is 13.9. The molecule has 8 nitrogen and oxygen atoms in total. The summed E-state index contributed by atoms with van der Waals surface area (Å²) in [6.07, 6.45) is 4.76. The number of carbonyl (C=O) groups excluding carboxylic acids is 1. The second-order valence-corrected chi connectivity index (χ2v) is 10.8. The lowest BCUT2D eigenvalue weighted by Gasteiger charge is -2.16. The van der Waals surface area contributed by atoms with E-state index >= 15 is 0 Å². The second-order valence-electron chi connectivity index (χ2n) is 10.4. The highest BCUT2D eigenvalue weighted by atomic mass is 35.5. The van der Waals surface area contributed by atoms with E-state index in [-0.39, 0.29) is 5.91 Å². The number of benzene rings is 4. The van der Waals surface area contributed by atoms with E-state index < -0.39 is 0 Å². The molecule has 1 aromatic heterocycles. The normalized spacial score (nSPS) is 11.2. The first-order valence-corrected chi connectivity index (χ1v) is 14.5. The number of ether oxygens (including phenoxy) is 2. The van der Waals surface area contributed by atoms with Gasteiger partial charge in [-0.05, 0) is 67.7 Å². The van der Waals surface area contributed by atoms with Crippen LogP contribution in [0.15, 0.2) is 91.1 Å². The predicted octanol–water partition coefficient (Wildman–Crippen LogP) is 7.69. The van der Waals surface area contributed by atoms with E-state index in [2.05, 4.69) is 46.0 Å².